The van der Waals surface area contributed by atoms with Crippen LogP contribution in [0.15, 0.2) is 47.4 Å². The Morgan fingerprint density at radius 2 is 1.65 bits per heavy atom. The zero-order valence-corrected chi connectivity index (χ0v) is 16.0. The van der Waals surface area contributed by atoms with Gasteiger partial charge in [0.2, 0.25) is 10.0 Å². The smallest absolute Gasteiger partial charge is 0.246 e. The first kappa shape index (κ1) is 20.0. The van der Waals surface area contributed by atoms with Gasteiger partial charge >= 0.3 is 0 Å². The molecule has 8 heteroatoms. The molecule has 2 rings (SSSR count). The van der Waals surface area contributed by atoms with E-state index in [1.807, 2.05) is 0 Å². The van der Waals surface area contributed by atoms with Gasteiger partial charge in [0.05, 0.1) is 27.4 Å². The summed E-state index contributed by atoms with van der Waals surface area (Å²) in [6, 6.07) is 11.4. The van der Waals surface area contributed by atoms with E-state index in [-0.39, 0.29) is 17.2 Å². The van der Waals surface area contributed by atoms with Gasteiger partial charge in [0.15, 0.2) is 0 Å². The van der Waals surface area contributed by atoms with Gasteiger partial charge in [0, 0.05) is 19.7 Å². The van der Waals surface area contributed by atoms with E-state index in [9.17, 15) is 13.5 Å². The summed E-state index contributed by atoms with van der Waals surface area (Å²) in [5.74, 6) is 1.18. The molecule has 1 N–H and O–H groups in total. The Hall–Kier alpha value is -2.29. The molecule has 0 saturated heterocycles. The van der Waals surface area contributed by atoms with E-state index in [0.29, 0.717) is 17.1 Å². The van der Waals surface area contributed by atoms with E-state index in [1.165, 1.54) is 40.5 Å². The van der Waals surface area contributed by atoms with E-state index in [2.05, 4.69) is 0 Å². The second-order valence-corrected chi connectivity index (χ2v) is 7.61. The summed E-state index contributed by atoms with van der Waals surface area (Å²) < 4.78 is 42.3. The first-order chi connectivity index (χ1) is 12.3. The standard InChI is InChI=1S/C18H23NO6S/c1-19(12-16(20)13-6-5-7-14(10-13)23-2)26(21,22)18-11-15(24-3)8-9-17(18)25-4/h5-11,16,20H,12H2,1-4H3. The van der Waals surface area contributed by atoms with Gasteiger partial charge in [0.25, 0.3) is 0 Å². The number of likely N-dealkylation sites (N-methyl/N-ethyl adjacent to an activating group) is 1. The molecule has 0 aliphatic rings. The van der Waals surface area contributed by atoms with Crippen molar-refractivity contribution in [2.75, 3.05) is 34.9 Å². The molecule has 0 radical (unpaired) electrons. The summed E-state index contributed by atoms with van der Waals surface area (Å²) in [6.07, 6.45) is -1.01. The topological polar surface area (TPSA) is 85.3 Å². The molecule has 1 atom stereocenters. The van der Waals surface area contributed by atoms with Gasteiger partial charge in [-0.05, 0) is 29.8 Å². The summed E-state index contributed by atoms with van der Waals surface area (Å²) in [5.41, 5.74) is 0.559. The van der Waals surface area contributed by atoms with Crippen LogP contribution in [0.1, 0.15) is 11.7 Å². The van der Waals surface area contributed by atoms with Crippen molar-refractivity contribution in [2.24, 2.45) is 0 Å². The van der Waals surface area contributed by atoms with Crippen molar-refractivity contribution in [3.8, 4) is 17.2 Å². The maximum Gasteiger partial charge on any atom is 0.246 e. The average Bonchev–Trinajstić information content (AvgIpc) is 2.67. The number of benzene rings is 2. The zero-order chi connectivity index (χ0) is 19.3. The van der Waals surface area contributed by atoms with Crippen LogP contribution in [0.25, 0.3) is 0 Å². The van der Waals surface area contributed by atoms with Crippen LogP contribution in [-0.2, 0) is 10.0 Å². The fraction of sp³-hybridized carbons (Fsp3) is 0.333. The Morgan fingerprint density at radius 3 is 2.27 bits per heavy atom. The maximum atomic E-state index is 12.9. The van der Waals surface area contributed by atoms with Crippen molar-refractivity contribution < 1.29 is 27.7 Å². The molecular weight excluding hydrogens is 358 g/mol. The van der Waals surface area contributed by atoms with Gasteiger partial charge < -0.3 is 19.3 Å². The van der Waals surface area contributed by atoms with Crippen LogP contribution in [-0.4, -0.2) is 52.8 Å². The predicted octanol–water partition coefficient (Wildman–Crippen LogP) is 2.07. The van der Waals surface area contributed by atoms with E-state index in [0.717, 1.165) is 4.31 Å². The molecule has 142 valence electrons. The van der Waals surface area contributed by atoms with E-state index in [4.69, 9.17) is 14.2 Å². The molecule has 0 saturated carbocycles. The van der Waals surface area contributed by atoms with Gasteiger partial charge in [-0.2, -0.15) is 4.31 Å². The molecule has 26 heavy (non-hydrogen) atoms. The second kappa shape index (κ2) is 8.39. The molecule has 0 heterocycles. The van der Waals surface area contributed by atoms with Gasteiger partial charge in [-0.1, -0.05) is 12.1 Å². The summed E-state index contributed by atoms with van der Waals surface area (Å²) >= 11 is 0. The summed E-state index contributed by atoms with van der Waals surface area (Å²) in [6.45, 7) is -0.129. The summed E-state index contributed by atoms with van der Waals surface area (Å²) in [4.78, 5) is -0.0281. The van der Waals surface area contributed by atoms with Crippen LogP contribution < -0.4 is 14.2 Å². The lowest BCUT2D eigenvalue weighted by Crippen LogP contribution is -2.31. The lowest BCUT2D eigenvalue weighted by Gasteiger charge is -2.22. The molecule has 2 aromatic carbocycles. The number of ether oxygens (including phenoxy) is 3. The highest BCUT2D eigenvalue weighted by atomic mass is 32.2. The highest BCUT2D eigenvalue weighted by molar-refractivity contribution is 7.89. The monoisotopic (exact) mass is 381 g/mol. The minimum atomic E-state index is -3.90. The Balaban J connectivity index is 2.28. The van der Waals surface area contributed by atoms with Crippen LogP contribution in [0.2, 0.25) is 0 Å². The quantitative estimate of drug-likeness (QED) is 0.753. The zero-order valence-electron chi connectivity index (χ0n) is 15.2. The molecule has 2 aromatic rings. The number of aliphatic hydroxyl groups is 1. The number of methoxy groups -OCH3 is 3. The van der Waals surface area contributed by atoms with Crippen molar-refractivity contribution in [3.63, 3.8) is 0 Å². The first-order valence-corrected chi connectivity index (χ1v) is 9.28. The number of nitrogens with zero attached hydrogens (tertiary/aromatic N) is 1. The Bertz CT molecular complexity index is 853. The number of sulfonamides is 1. The van der Waals surface area contributed by atoms with Gasteiger partial charge in [-0.15, -0.1) is 0 Å². The molecule has 0 spiro atoms. The lowest BCUT2D eigenvalue weighted by molar-refractivity contribution is 0.154. The Labute approximate surface area is 153 Å². The van der Waals surface area contributed by atoms with Crippen molar-refractivity contribution >= 4 is 10.0 Å². The fourth-order valence-electron chi connectivity index (χ4n) is 2.45. The molecule has 0 aliphatic heterocycles. The van der Waals surface area contributed by atoms with Crippen molar-refractivity contribution in [3.05, 3.63) is 48.0 Å². The number of rotatable bonds is 8. The Kier molecular flexibility index (Phi) is 6.47. The first-order valence-electron chi connectivity index (χ1n) is 7.84. The van der Waals surface area contributed by atoms with Crippen molar-refractivity contribution in [1.82, 2.24) is 4.31 Å². The Morgan fingerprint density at radius 1 is 1.00 bits per heavy atom. The number of hydrogen-bond acceptors (Lipinski definition) is 6. The van der Waals surface area contributed by atoms with Gasteiger partial charge in [-0.25, -0.2) is 8.42 Å². The lowest BCUT2D eigenvalue weighted by atomic mass is 10.1. The molecule has 0 fully saturated rings. The minimum absolute atomic E-state index is 0.0281. The normalized spacial score (nSPS) is 12.7. The van der Waals surface area contributed by atoms with Crippen LogP contribution in [0.4, 0.5) is 0 Å². The van der Waals surface area contributed by atoms with Crippen LogP contribution in [0.3, 0.4) is 0 Å². The maximum absolute atomic E-state index is 12.9. The highest BCUT2D eigenvalue weighted by Gasteiger charge is 2.27. The number of aliphatic hydroxyl groups excluding tert-OH is 1. The molecule has 1 unspecified atom stereocenters. The fourth-order valence-corrected chi connectivity index (χ4v) is 3.79. The molecule has 7 nitrogen and oxygen atoms in total. The molecular formula is C18H23NO6S. The molecule has 0 bridgehead atoms. The molecule has 0 aliphatic carbocycles. The third kappa shape index (κ3) is 4.27. The SMILES string of the molecule is COc1cccc(C(O)CN(C)S(=O)(=O)c2cc(OC)ccc2OC)c1. The largest absolute Gasteiger partial charge is 0.497 e. The van der Waals surface area contributed by atoms with Gasteiger partial charge in [0.1, 0.15) is 22.1 Å². The minimum Gasteiger partial charge on any atom is -0.497 e. The van der Waals surface area contributed by atoms with Crippen molar-refractivity contribution in [2.45, 2.75) is 11.0 Å². The van der Waals surface area contributed by atoms with E-state index < -0.39 is 16.1 Å². The van der Waals surface area contributed by atoms with E-state index >= 15 is 0 Å². The predicted molar refractivity (Wildman–Crippen MR) is 97.3 cm³/mol. The summed E-state index contributed by atoms with van der Waals surface area (Å²) in [7, 11) is 1.88. The third-order valence-electron chi connectivity index (χ3n) is 3.97. The average molecular weight is 381 g/mol. The summed E-state index contributed by atoms with van der Waals surface area (Å²) in [5, 5.41) is 10.4. The second-order valence-electron chi connectivity index (χ2n) is 5.59. The van der Waals surface area contributed by atoms with Crippen LogP contribution >= 0.6 is 0 Å². The van der Waals surface area contributed by atoms with Crippen LogP contribution in [0.5, 0.6) is 17.2 Å². The molecule has 0 aromatic heterocycles. The third-order valence-corrected chi connectivity index (χ3v) is 5.81. The highest BCUT2D eigenvalue weighted by Crippen LogP contribution is 2.31. The van der Waals surface area contributed by atoms with Gasteiger partial charge in [-0.3, -0.25) is 0 Å². The van der Waals surface area contributed by atoms with Crippen molar-refractivity contribution in [1.29, 1.82) is 0 Å². The van der Waals surface area contributed by atoms with E-state index in [1.54, 1.807) is 30.3 Å². The number of hydrogen-bond donors (Lipinski definition) is 1. The molecule has 0 amide bonds. The van der Waals surface area contributed by atoms with Crippen LogP contribution in [0, 0.1) is 0 Å².